The Morgan fingerprint density at radius 2 is 1.20 bits per heavy atom. The third-order valence-electron chi connectivity index (χ3n) is 6.52. The lowest BCUT2D eigenvalue weighted by molar-refractivity contribution is 0.493. The van der Waals surface area contributed by atoms with E-state index in [1.54, 1.807) is 0 Å². The zero-order valence-corrected chi connectivity index (χ0v) is 16.3. The molecular formula is C28H17BO. The molecule has 0 bridgehead atoms. The van der Waals surface area contributed by atoms with Gasteiger partial charge in [0.2, 0.25) is 6.71 Å². The highest BCUT2D eigenvalue weighted by molar-refractivity contribution is 6.97. The van der Waals surface area contributed by atoms with Gasteiger partial charge in [-0.1, -0.05) is 102 Å². The Morgan fingerprint density at radius 1 is 0.467 bits per heavy atom. The molecule has 0 radical (unpaired) electrons. The fourth-order valence-corrected chi connectivity index (χ4v) is 5.26. The number of benzene rings is 6. The SMILES string of the molecule is c1ccc(B2c3ccccc3Oc3cc4cccc5ccc6ccc2c3c6c54)cc1. The van der Waals surface area contributed by atoms with Crippen molar-refractivity contribution in [1.82, 2.24) is 0 Å². The van der Waals surface area contributed by atoms with Crippen LogP contribution in [0.15, 0.2) is 103 Å². The first-order chi connectivity index (χ1) is 14.9. The van der Waals surface area contributed by atoms with Crippen molar-refractivity contribution in [3.05, 3.63) is 103 Å². The minimum atomic E-state index is 0.133. The Hall–Kier alpha value is -3.78. The smallest absolute Gasteiger partial charge is 0.247 e. The lowest BCUT2D eigenvalue weighted by Crippen LogP contribution is -2.51. The molecule has 7 rings (SSSR count). The lowest BCUT2D eigenvalue weighted by Gasteiger charge is -2.18. The highest BCUT2D eigenvalue weighted by atomic mass is 16.5. The number of hydrogen-bond donors (Lipinski definition) is 0. The van der Waals surface area contributed by atoms with Crippen LogP contribution in [0.2, 0.25) is 0 Å². The Labute approximate surface area is 175 Å². The molecule has 2 heteroatoms. The molecule has 0 saturated heterocycles. The molecule has 0 spiro atoms. The standard InChI is InChI=1S/C28H17BO/c1-2-9-21(10-3-1)29-22-11-4-5-12-24(22)30-25-17-20-8-6-7-18-13-14-19-15-16-23(29)28(25)27(19)26(18)20/h1-17H. The van der Waals surface area contributed by atoms with Crippen LogP contribution in [-0.2, 0) is 0 Å². The molecule has 1 nitrogen and oxygen atoms in total. The average Bonchev–Trinajstić information content (AvgIpc) is 2.94. The molecule has 0 unspecified atom stereocenters. The summed E-state index contributed by atoms with van der Waals surface area (Å²) in [5, 5.41) is 7.65. The van der Waals surface area contributed by atoms with E-state index in [1.165, 1.54) is 48.7 Å². The predicted molar refractivity (Wildman–Crippen MR) is 128 cm³/mol. The van der Waals surface area contributed by atoms with E-state index in [9.17, 15) is 0 Å². The molecule has 0 N–H and O–H groups in total. The average molecular weight is 380 g/mol. The minimum Gasteiger partial charge on any atom is -0.457 e. The molecule has 0 amide bonds. The topological polar surface area (TPSA) is 9.23 Å². The maximum atomic E-state index is 6.63. The van der Waals surface area contributed by atoms with Gasteiger partial charge in [0.15, 0.2) is 0 Å². The van der Waals surface area contributed by atoms with Gasteiger partial charge < -0.3 is 4.74 Å². The van der Waals surface area contributed by atoms with E-state index in [4.69, 9.17) is 4.74 Å². The zero-order valence-electron chi connectivity index (χ0n) is 16.3. The van der Waals surface area contributed by atoms with Gasteiger partial charge in [0.25, 0.3) is 0 Å². The van der Waals surface area contributed by atoms with Crippen LogP contribution in [0.1, 0.15) is 0 Å². The Kier molecular flexibility index (Phi) is 3.14. The van der Waals surface area contributed by atoms with Crippen LogP contribution in [0.3, 0.4) is 0 Å². The Morgan fingerprint density at radius 3 is 2.10 bits per heavy atom. The third-order valence-corrected chi connectivity index (χ3v) is 6.52. The summed E-state index contributed by atoms with van der Waals surface area (Å²) in [6.07, 6.45) is 0. The van der Waals surface area contributed by atoms with Crippen LogP contribution < -0.4 is 21.1 Å². The number of para-hydroxylation sites is 1. The van der Waals surface area contributed by atoms with E-state index in [2.05, 4.69) is 103 Å². The summed E-state index contributed by atoms with van der Waals surface area (Å²) in [6, 6.07) is 37.0. The van der Waals surface area contributed by atoms with Crippen LogP contribution in [0, 0.1) is 0 Å². The second-order valence-corrected chi connectivity index (χ2v) is 8.13. The maximum Gasteiger partial charge on any atom is 0.247 e. The first kappa shape index (κ1) is 16.1. The molecule has 138 valence electrons. The van der Waals surface area contributed by atoms with E-state index in [1.807, 2.05) is 0 Å². The van der Waals surface area contributed by atoms with Crippen molar-refractivity contribution in [1.29, 1.82) is 0 Å². The van der Waals surface area contributed by atoms with Gasteiger partial charge in [0.05, 0.1) is 0 Å². The molecule has 0 saturated carbocycles. The second-order valence-electron chi connectivity index (χ2n) is 8.13. The summed E-state index contributed by atoms with van der Waals surface area (Å²) >= 11 is 0. The van der Waals surface area contributed by atoms with Crippen LogP contribution in [0.4, 0.5) is 0 Å². The molecule has 0 aromatic heterocycles. The van der Waals surface area contributed by atoms with Crippen LogP contribution in [-0.4, -0.2) is 6.71 Å². The van der Waals surface area contributed by atoms with Crippen molar-refractivity contribution in [2.75, 3.05) is 0 Å². The summed E-state index contributed by atoms with van der Waals surface area (Å²) in [7, 11) is 0. The van der Waals surface area contributed by atoms with Gasteiger partial charge in [0, 0.05) is 10.8 Å². The number of ether oxygens (including phenoxy) is 1. The normalized spacial score (nSPS) is 12.9. The number of rotatable bonds is 1. The van der Waals surface area contributed by atoms with Gasteiger partial charge in [-0.3, -0.25) is 0 Å². The highest BCUT2D eigenvalue weighted by Crippen LogP contribution is 2.41. The van der Waals surface area contributed by atoms with Crippen molar-refractivity contribution < 1.29 is 4.74 Å². The van der Waals surface area contributed by atoms with E-state index in [0.29, 0.717) is 0 Å². The first-order valence-corrected chi connectivity index (χ1v) is 10.4. The van der Waals surface area contributed by atoms with Crippen molar-refractivity contribution in [3.63, 3.8) is 0 Å². The summed E-state index contributed by atoms with van der Waals surface area (Å²) in [5.41, 5.74) is 3.81. The molecular weight excluding hydrogens is 363 g/mol. The van der Waals surface area contributed by atoms with Crippen LogP contribution in [0.5, 0.6) is 11.5 Å². The van der Waals surface area contributed by atoms with Gasteiger partial charge in [-0.25, -0.2) is 0 Å². The monoisotopic (exact) mass is 380 g/mol. The zero-order chi connectivity index (χ0) is 19.7. The van der Waals surface area contributed by atoms with Gasteiger partial charge in [-0.05, 0) is 39.1 Å². The predicted octanol–water partition coefficient (Wildman–Crippen LogP) is 5.21. The molecule has 1 heterocycles. The van der Waals surface area contributed by atoms with E-state index in [0.717, 1.165) is 11.5 Å². The largest absolute Gasteiger partial charge is 0.457 e. The molecule has 0 atom stereocenters. The highest BCUT2D eigenvalue weighted by Gasteiger charge is 2.31. The van der Waals surface area contributed by atoms with Gasteiger partial charge in [-0.2, -0.15) is 0 Å². The maximum absolute atomic E-state index is 6.63. The van der Waals surface area contributed by atoms with Gasteiger partial charge >= 0.3 is 0 Å². The van der Waals surface area contributed by atoms with E-state index >= 15 is 0 Å². The molecule has 0 aliphatic carbocycles. The minimum absolute atomic E-state index is 0.133. The molecule has 30 heavy (non-hydrogen) atoms. The molecule has 1 aliphatic heterocycles. The van der Waals surface area contributed by atoms with Crippen molar-refractivity contribution in [2.45, 2.75) is 0 Å². The quantitative estimate of drug-likeness (QED) is 0.281. The first-order valence-electron chi connectivity index (χ1n) is 10.4. The lowest BCUT2D eigenvalue weighted by atomic mass is 9.36. The number of fused-ring (bicyclic) bond motifs is 1. The van der Waals surface area contributed by atoms with E-state index < -0.39 is 0 Å². The van der Waals surface area contributed by atoms with Gasteiger partial charge in [-0.15, -0.1) is 0 Å². The molecule has 0 fully saturated rings. The van der Waals surface area contributed by atoms with Gasteiger partial charge in [0.1, 0.15) is 11.5 Å². The Balaban J connectivity index is 1.71. The summed E-state index contributed by atoms with van der Waals surface area (Å²) in [6.45, 7) is 0.133. The number of hydrogen-bond acceptors (Lipinski definition) is 1. The van der Waals surface area contributed by atoms with Crippen molar-refractivity contribution >= 4 is 55.4 Å². The fraction of sp³-hybridized carbons (Fsp3) is 0. The van der Waals surface area contributed by atoms with Crippen molar-refractivity contribution in [3.8, 4) is 11.5 Å². The molecule has 1 aliphatic rings. The van der Waals surface area contributed by atoms with Crippen LogP contribution in [0.25, 0.3) is 32.3 Å². The summed E-state index contributed by atoms with van der Waals surface area (Å²) < 4.78 is 6.63. The molecule has 6 aromatic rings. The van der Waals surface area contributed by atoms with Crippen LogP contribution >= 0.6 is 0 Å². The summed E-state index contributed by atoms with van der Waals surface area (Å²) in [4.78, 5) is 0. The van der Waals surface area contributed by atoms with Crippen molar-refractivity contribution in [2.24, 2.45) is 0 Å². The Bertz CT molecular complexity index is 1570. The second kappa shape index (κ2) is 5.87. The fourth-order valence-electron chi connectivity index (χ4n) is 5.26. The molecule has 6 aromatic carbocycles. The third kappa shape index (κ3) is 2.08. The van der Waals surface area contributed by atoms with E-state index in [-0.39, 0.29) is 6.71 Å². The summed E-state index contributed by atoms with van der Waals surface area (Å²) in [5.74, 6) is 1.89.